The number of amides is 3. The monoisotopic (exact) mass is 355 g/mol. The van der Waals surface area contributed by atoms with Crippen molar-refractivity contribution in [2.75, 3.05) is 11.4 Å². The van der Waals surface area contributed by atoms with E-state index < -0.39 is 12.1 Å². The van der Waals surface area contributed by atoms with Crippen molar-refractivity contribution in [1.29, 1.82) is 0 Å². The zero-order chi connectivity index (χ0) is 18.7. The number of carbonyl (C=O) groups is 2. The molecular formula is C20H22FN3O2. The summed E-state index contributed by atoms with van der Waals surface area (Å²) >= 11 is 0. The lowest BCUT2D eigenvalue weighted by Gasteiger charge is -2.18. The molecule has 1 atom stereocenters. The Balaban J connectivity index is 1.55. The maximum absolute atomic E-state index is 12.9. The van der Waals surface area contributed by atoms with E-state index in [1.807, 2.05) is 32.0 Å². The van der Waals surface area contributed by atoms with Gasteiger partial charge in [-0.3, -0.25) is 4.79 Å². The minimum atomic E-state index is -0.537. The molecule has 2 aromatic rings. The third-order valence-corrected chi connectivity index (χ3v) is 4.68. The highest BCUT2D eigenvalue weighted by Gasteiger charge is 2.33. The fourth-order valence-corrected chi connectivity index (χ4v) is 2.96. The van der Waals surface area contributed by atoms with Crippen molar-refractivity contribution in [3.05, 3.63) is 65.0 Å². The Bertz CT molecular complexity index is 820. The van der Waals surface area contributed by atoms with Crippen molar-refractivity contribution in [2.24, 2.45) is 0 Å². The van der Waals surface area contributed by atoms with E-state index in [0.717, 1.165) is 16.8 Å². The normalized spacial score (nSPS) is 16.7. The maximum Gasteiger partial charge on any atom is 0.315 e. The van der Waals surface area contributed by atoms with Gasteiger partial charge < -0.3 is 15.5 Å². The average Bonchev–Trinajstić information content (AvgIpc) is 2.97. The number of anilines is 1. The second-order valence-corrected chi connectivity index (χ2v) is 6.55. The number of urea groups is 1. The van der Waals surface area contributed by atoms with Gasteiger partial charge in [-0.25, -0.2) is 9.18 Å². The first-order chi connectivity index (χ1) is 12.4. The number of aryl methyl sites for hydroxylation is 2. The van der Waals surface area contributed by atoms with Crippen molar-refractivity contribution in [3.63, 3.8) is 0 Å². The molecule has 1 aliphatic rings. The van der Waals surface area contributed by atoms with Gasteiger partial charge in [0.25, 0.3) is 0 Å². The van der Waals surface area contributed by atoms with Crippen LogP contribution in [0.2, 0.25) is 0 Å². The number of halogens is 1. The van der Waals surface area contributed by atoms with E-state index >= 15 is 0 Å². The van der Waals surface area contributed by atoms with Gasteiger partial charge in [-0.2, -0.15) is 0 Å². The Morgan fingerprint density at radius 1 is 1.15 bits per heavy atom. The van der Waals surface area contributed by atoms with Crippen LogP contribution in [-0.2, 0) is 11.3 Å². The van der Waals surface area contributed by atoms with E-state index in [2.05, 4.69) is 10.6 Å². The zero-order valence-electron chi connectivity index (χ0n) is 14.9. The Kier molecular flexibility index (Phi) is 5.21. The Hall–Kier alpha value is -2.89. The predicted molar refractivity (Wildman–Crippen MR) is 98.4 cm³/mol. The summed E-state index contributed by atoms with van der Waals surface area (Å²) in [6, 6.07) is 10.9. The highest BCUT2D eigenvalue weighted by Crippen LogP contribution is 2.24. The van der Waals surface area contributed by atoms with Crippen LogP contribution >= 0.6 is 0 Å². The maximum atomic E-state index is 12.9. The van der Waals surface area contributed by atoms with Crippen LogP contribution in [0.4, 0.5) is 14.9 Å². The van der Waals surface area contributed by atoms with Gasteiger partial charge in [0.05, 0.1) is 0 Å². The predicted octanol–water partition coefficient (Wildman–Crippen LogP) is 3.05. The highest BCUT2D eigenvalue weighted by atomic mass is 19.1. The summed E-state index contributed by atoms with van der Waals surface area (Å²) in [5.41, 5.74) is 3.95. The van der Waals surface area contributed by atoms with Crippen LogP contribution in [0.3, 0.4) is 0 Å². The van der Waals surface area contributed by atoms with Gasteiger partial charge in [-0.05, 0) is 61.2 Å². The summed E-state index contributed by atoms with van der Waals surface area (Å²) in [6.07, 6.45) is 0.565. The summed E-state index contributed by atoms with van der Waals surface area (Å²) in [4.78, 5) is 26.4. The molecule has 1 fully saturated rings. The summed E-state index contributed by atoms with van der Waals surface area (Å²) in [7, 11) is 0. The largest absolute Gasteiger partial charge is 0.334 e. The minimum absolute atomic E-state index is 0.106. The molecule has 5 nitrogen and oxygen atoms in total. The van der Waals surface area contributed by atoms with E-state index in [0.29, 0.717) is 13.0 Å². The highest BCUT2D eigenvalue weighted by molar-refractivity contribution is 6.01. The van der Waals surface area contributed by atoms with Gasteiger partial charge in [0.2, 0.25) is 5.91 Å². The summed E-state index contributed by atoms with van der Waals surface area (Å²) in [5.74, 6) is -0.425. The van der Waals surface area contributed by atoms with Gasteiger partial charge >= 0.3 is 6.03 Å². The quantitative estimate of drug-likeness (QED) is 0.886. The number of hydrogen-bond acceptors (Lipinski definition) is 2. The van der Waals surface area contributed by atoms with Crippen LogP contribution in [0.25, 0.3) is 0 Å². The Morgan fingerprint density at radius 2 is 1.88 bits per heavy atom. The molecule has 6 heteroatoms. The van der Waals surface area contributed by atoms with E-state index in [-0.39, 0.29) is 18.3 Å². The van der Waals surface area contributed by atoms with E-state index in [9.17, 15) is 14.0 Å². The molecule has 0 aromatic heterocycles. The molecule has 0 saturated carbocycles. The standard InChI is InChI=1S/C20H22FN3O2/c1-13-3-8-17(11-14(13)2)24-10-9-18(19(24)25)23-20(26)22-12-15-4-6-16(21)7-5-15/h3-8,11,18H,9-10,12H2,1-2H3,(H2,22,23,26). The third-order valence-electron chi connectivity index (χ3n) is 4.68. The first-order valence-electron chi connectivity index (χ1n) is 8.61. The van der Waals surface area contributed by atoms with Gasteiger partial charge in [0, 0.05) is 18.8 Å². The average molecular weight is 355 g/mol. The molecule has 0 aliphatic carbocycles. The Labute approximate surface area is 152 Å². The first kappa shape index (κ1) is 17.9. The van der Waals surface area contributed by atoms with Crippen molar-refractivity contribution >= 4 is 17.6 Å². The number of benzene rings is 2. The minimum Gasteiger partial charge on any atom is -0.334 e. The summed E-state index contributed by atoms with van der Waals surface area (Å²) in [6.45, 7) is 4.89. The molecular weight excluding hydrogens is 333 g/mol. The van der Waals surface area contributed by atoms with E-state index in [4.69, 9.17) is 0 Å². The van der Waals surface area contributed by atoms with Crippen LogP contribution in [-0.4, -0.2) is 24.5 Å². The summed E-state index contributed by atoms with van der Waals surface area (Å²) in [5, 5.41) is 5.41. The summed E-state index contributed by atoms with van der Waals surface area (Å²) < 4.78 is 12.9. The lowest BCUT2D eigenvalue weighted by molar-refractivity contribution is -0.118. The van der Waals surface area contributed by atoms with Crippen molar-refractivity contribution in [1.82, 2.24) is 10.6 Å². The molecule has 0 radical (unpaired) electrons. The number of carbonyl (C=O) groups excluding carboxylic acids is 2. The number of nitrogens with one attached hydrogen (secondary N) is 2. The molecule has 0 spiro atoms. The molecule has 1 unspecified atom stereocenters. The topological polar surface area (TPSA) is 61.4 Å². The van der Waals surface area contributed by atoms with Gasteiger partial charge in [0.1, 0.15) is 11.9 Å². The zero-order valence-corrected chi connectivity index (χ0v) is 14.9. The number of rotatable bonds is 4. The lowest BCUT2D eigenvalue weighted by Crippen LogP contribution is -2.45. The molecule has 136 valence electrons. The van der Waals surface area contributed by atoms with Crippen LogP contribution < -0.4 is 15.5 Å². The molecule has 1 saturated heterocycles. The molecule has 26 heavy (non-hydrogen) atoms. The molecule has 2 aromatic carbocycles. The molecule has 3 rings (SSSR count). The van der Waals surface area contributed by atoms with Crippen LogP contribution in [0, 0.1) is 19.7 Å². The van der Waals surface area contributed by atoms with Gasteiger partial charge in [0.15, 0.2) is 0 Å². The van der Waals surface area contributed by atoms with Gasteiger partial charge in [-0.1, -0.05) is 18.2 Å². The van der Waals surface area contributed by atoms with Crippen molar-refractivity contribution in [3.8, 4) is 0 Å². The number of hydrogen-bond donors (Lipinski definition) is 2. The van der Waals surface area contributed by atoms with Crippen LogP contribution in [0.15, 0.2) is 42.5 Å². The molecule has 1 aliphatic heterocycles. The van der Waals surface area contributed by atoms with Crippen molar-refractivity contribution in [2.45, 2.75) is 32.9 Å². The van der Waals surface area contributed by atoms with Crippen LogP contribution in [0.1, 0.15) is 23.1 Å². The van der Waals surface area contributed by atoms with Crippen LogP contribution in [0.5, 0.6) is 0 Å². The van der Waals surface area contributed by atoms with Gasteiger partial charge in [-0.15, -0.1) is 0 Å². The lowest BCUT2D eigenvalue weighted by atomic mass is 10.1. The molecule has 1 heterocycles. The van der Waals surface area contributed by atoms with E-state index in [1.165, 1.54) is 17.7 Å². The van der Waals surface area contributed by atoms with E-state index in [1.54, 1.807) is 17.0 Å². The number of nitrogens with zero attached hydrogens (tertiary/aromatic N) is 1. The second-order valence-electron chi connectivity index (χ2n) is 6.55. The third kappa shape index (κ3) is 4.02. The molecule has 0 bridgehead atoms. The second kappa shape index (κ2) is 7.56. The SMILES string of the molecule is Cc1ccc(N2CCC(NC(=O)NCc3ccc(F)cc3)C2=O)cc1C. The first-order valence-corrected chi connectivity index (χ1v) is 8.61. The smallest absolute Gasteiger partial charge is 0.315 e. The Morgan fingerprint density at radius 3 is 2.58 bits per heavy atom. The fourth-order valence-electron chi connectivity index (χ4n) is 2.96. The van der Waals surface area contributed by atoms with Crippen molar-refractivity contribution < 1.29 is 14.0 Å². The fraction of sp³-hybridized carbons (Fsp3) is 0.300. The molecule has 3 amide bonds. The molecule has 2 N–H and O–H groups in total.